The Labute approximate surface area is 155 Å². The summed E-state index contributed by atoms with van der Waals surface area (Å²) in [6.07, 6.45) is 2.82. The predicted octanol–water partition coefficient (Wildman–Crippen LogP) is 3.03. The predicted molar refractivity (Wildman–Crippen MR) is 101 cm³/mol. The molecule has 4 rings (SSSR count). The Morgan fingerprint density at radius 3 is 2.50 bits per heavy atom. The van der Waals surface area contributed by atoms with Gasteiger partial charge in [0.2, 0.25) is 0 Å². The topological polar surface area (TPSA) is 52.9 Å². The molecule has 0 bridgehead atoms. The fraction of sp³-hybridized carbons (Fsp3) is 0.455. The molecule has 0 amide bonds. The highest BCUT2D eigenvalue weighted by Crippen LogP contribution is 2.39. The van der Waals surface area contributed by atoms with Crippen LogP contribution in [-0.2, 0) is 12.0 Å². The molecule has 0 unspecified atom stereocenters. The Balaban J connectivity index is 1.46. The van der Waals surface area contributed by atoms with E-state index in [9.17, 15) is 10.2 Å². The van der Waals surface area contributed by atoms with E-state index in [1.807, 2.05) is 48.5 Å². The molecule has 138 valence electrons. The van der Waals surface area contributed by atoms with Crippen molar-refractivity contribution in [2.24, 2.45) is 0 Å². The molecule has 2 atom stereocenters. The zero-order valence-electron chi connectivity index (χ0n) is 15.3. The Kier molecular flexibility index (Phi) is 4.74. The number of aliphatic hydroxyl groups excluding tert-OH is 1. The van der Waals surface area contributed by atoms with Gasteiger partial charge in [-0.05, 0) is 54.5 Å². The van der Waals surface area contributed by atoms with Crippen molar-refractivity contribution in [3.63, 3.8) is 0 Å². The standard InChI is InChI=1S/C22H27NO3/c1-26-18-8-9-19-16(15-18)7-10-20(21(19)24)23-13-11-22(25,12-14-23)17-5-3-2-4-6-17/h2-6,8-9,15,20-21,24-25H,7,10-14H2,1H3/t20-,21-/m1/s1. The van der Waals surface area contributed by atoms with Gasteiger partial charge in [-0.25, -0.2) is 0 Å². The lowest BCUT2D eigenvalue weighted by molar-refractivity contribution is -0.0568. The Morgan fingerprint density at radius 1 is 1.08 bits per heavy atom. The maximum absolute atomic E-state index is 11.0. The van der Waals surface area contributed by atoms with E-state index in [4.69, 9.17) is 4.74 Å². The molecule has 0 radical (unpaired) electrons. The summed E-state index contributed by atoms with van der Waals surface area (Å²) in [5, 5.41) is 22.0. The summed E-state index contributed by atoms with van der Waals surface area (Å²) >= 11 is 0. The molecule has 2 aliphatic rings. The largest absolute Gasteiger partial charge is 0.497 e. The van der Waals surface area contributed by atoms with Gasteiger partial charge in [0.1, 0.15) is 5.75 Å². The summed E-state index contributed by atoms with van der Waals surface area (Å²) < 4.78 is 5.30. The van der Waals surface area contributed by atoms with E-state index in [2.05, 4.69) is 4.90 Å². The number of hydrogen-bond acceptors (Lipinski definition) is 4. The van der Waals surface area contributed by atoms with E-state index in [1.54, 1.807) is 7.11 Å². The summed E-state index contributed by atoms with van der Waals surface area (Å²) in [6, 6.07) is 16.0. The van der Waals surface area contributed by atoms with Crippen molar-refractivity contribution in [2.45, 2.75) is 43.4 Å². The van der Waals surface area contributed by atoms with Gasteiger partial charge in [-0.15, -0.1) is 0 Å². The molecule has 4 nitrogen and oxygen atoms in total. The number of nitrogens with zero attached hydrogens (tertiary/aromatic N) is 1. The van der Waals surface area contributed by atoms with Crippen LogP contribution in [0.2, 0.25) is 0 Å². The third-order valence-electron chi connectivity index (χ3n) is 6.15. The van der Waals surface area contributed by atoms with E-state index in [-0.39, 0.29) is 6.04 Å². The molecular formula is C22H27NO3. The average Bonchev–Trinajstić information content (AvgIpc) is 2.69. The third-order valence-corrected chi connectivity index (χ3v) is 6.15. The summed E-state index contributed by atoms with van der Waals surface area (Å²) in [6.45, 7) is 1.61. The number of hydrogen-bond donors (Lipinski definition) is 2. The Morgan fingerprint density at radius 2 is 1.81 bits per heavy atom. The van der Waals surface area contributed by atoms with Gasteiger partial charge < -0.3 is 14.9 Å². The monoisotopic (exact) mass is 353 g/mol. The fourth-order valence-corrected chi connectivity index (χ4v) is 4.53. The molecule has 1 aliphatic heterocycles. The summed E-state index contributed by atoms with van der Waals surface area (Å²) in [5.74, 6) is 0.847. The van der Waals surface area contributed by atoms with Gasteiger partial charge in [-0.2, -0.15) is 0 Å². The highest BCUT2D eigenvalue weighted by molar-refractivity contribution is 5.39. The van der Waals surface area contributed by atoms with Gasteiger partial charge in [0, 0.05) is 19.1 Å². The number of aliphatic hydroxyl groups is 2. The van der Waals surface area contributed by atoms with E-state index in [0.29, 0.717) is 12.8 Å². The van der Waals surface area contributed by atoms with Crippen LogP contribution in [0.3, 0.4) is 0 Å². The maximum Gasteiger partial charge on any atom is 0.119 e. The number of benzene rings is 2. The molecule has 26 heavy (non-hydrogen) atoms. The first kappa shape index (κ1) is 17.5. The molecule has 4 heteroatoms. The molecular weight excluding hydrogens is 326 g/mol. The number of methoxy groups -OCH3 is 1. The van der Waals surface area contributed by atoms with Gasteiger partial charge in [-0.1, -0.05) is 36.4 Å². The fourth-order valence-electron chi connectivity index (χ4n) is 4.53. The number of aryl methyl sites for hydroxylation is 1. The van der Waals surface area contributed by atoms with Gasteiger partial charge >= 0.3 is 0 Å². The first-order chi connectivity index (χ1) is 12.6. The molecule has 0 saturated carbocycles. The van der Waals surface area contributed by atoms with Gasteiger partial charge in [-0.3, -0.25) is 4.90 Å². The molecule has 2 aromatic carbocycles. The average molecular weight is 353 g/mol. The van der Waals surface area contributed by atoms with Crippen LogP contribution in [0, 0.1) is 0 Å². The summed E-state index contributed by atoms with van der Waals surface area (Å²) in [4.78, 5) is 2.36. The Hall–Kier alpha value is -1.88. The first-order valence-corrected chi connectivity index (χ1v) is 9.47. The molecule has 1 saturated heterocycles. The highest BCUT2D eigenvalue weighted by atomic mass is 16.5. The van der Waals surface area contributed by atoms with Crippen LogP contribution in [0.15, 0.2) is 48.5 Å². The van der Waals surface area contributed by atoms with Crippen LogP contribution < -0.4 is 4.74 Å². The summed E-state index contributed by atoms with van der Waals surface area (Å²) in [5.41, 5.74) is 2.46. The van der Waals surface area contributed by atoms with Gasteiger partial charge in [0.05, 0.1) is 18.8 Å². The van der Waals surface area contributed by atoms with Crippen molar-refractivity contribution >= 4 is 0 Å². The van der Waals surface area contributed by atoms with E-state index in [0.717, 1.165) is 42.8 Å². The van der Waals surface area contributed by atoms with Crippen LogP contribution >= 0.6 is 0 Å². The molecule has 0 aromatic heterocycles. The second-order valence-electron chi connectivity index (χ2n) is 7.55. The number of piperidine rings is 1. The highest BCUT2D eigenvalue weighted by Gasteiger charge is 2.39. The SMILES string of the molecule is COc1ccc2c(c1)CC[C@@H](N1CCC(O)(c3ccccc3)CC1)[C@@H]2O. The minimum absolute atomic E-state index is 0.121. The van der Waals surface area contributed by atoms with E-state index in [1.165, 1.54) is 5.56 Å². The van der Waals surface area contributed by atoms with Gasteiger partial charge in [0.15, 0.2) is 0 Å². The minimum Gasteiger partial charge on any atom is -0.497 e. The number of ether oxygens (including phenoxy) is 1. The molecule has 2 N–H and O–H groups in total. The zero-order chi connectivity index (χ0) is 18.1. The van der Waals surface area contributed by atoms with Crippen molar-refractivity contribution < 1.29 is 14.9 Å². The maximum atomic E-state index is 11.0. The quantitative estimate of drug-likeness (QED) is 0.891. The van der Waals surface area contributed by atoms with Crippen molar-refractivity contribution in [2.75, 3.05) is 20.2 Å². The van der Waals surface area contributed by atoms with Crippen molar-refractivity contribution in [1.82, 2.24) is 4.90 Å². The second kappa shape index (κ2) is 7.03. The lowest BCUT2D eigenvalue weighted by Gasteiger charge is -2.45. The van der Waals surface area contributed by atoms with Crippen LogP contribution in [0.5, 0.6) is 5.75 Å². The van der Waals surface area contributed by atoms with Crippen molar-refractivity contribution in [1.29, 1.82) is 0 Å². The minimum atomic E-state index is -0.747. The third kappa shape index (κ3) is 3.13. The van der Waals surface area contributed by atoms with Crippen LogP contribution in [-0.4, -0.2) is 41.4 Å². The number of fused-ring (bicyclic) bond motifs is 1. The normalized spacial score (nSPS) is 25.5. The summed E-state index contributed by atoms with van der Waals surface area (Å²) in [7, 11) is 1.67. The van der Waals surface area contributed by atoms with Crippen molar-refractivity contribution in [3.05, 3.63) is 65.2 Å². The first-order valence-electron chi connectivity index (χ1n) is 9.47. The lowest BCUT2D eigenvalue weighted by Crippen LogP contribution is -2.50. The zero-order valence-corrected chi connectivity index (χ0v) is 15.3. The molecule has 0 spiro atoms. The molecule has 2 aromatic rings. The van der Waals surface area contributed by atoms with E-state index < -0.39 is 11.7 Å². The number of rotatable bonds is 3. The number of likely N-dealkylation sites (tertiary alicyclic amines) is 1. The van der Waals surface area contributed by atoms with Crippen molar-refractivity contribution in [3.8, 4) is 5.75 Å². The molecule has 1 heterocycles. The Bertz CT molecular complexity index is 753. The van der Waals surface area contributed by atoms with Crippen LogP contribution in [0.4, 0.5) is 0 Å². The van der Waals surface area contributed by atoms with Crippen LogP contribution in [0.25, 0.3) is 0 Å². The second-order valence-corrected chi connectivity index (χ2v) is 7.55. The molecule has 1 aliphatic carbocycles. The van der Waals surface area contributed by atoms with E-state index >= 15 is 0 Å². The molecule has 1 fully saturated rings. The lowest BCUT2D eigenvalue weighted by atomic mass is 9.81. The van der Waals surface area contributed by atoms with Gasteiger partial charge in [0.25, 0.3) is 0 Å². The smallest absolute Gasteiger partial charge is 0.119 e. The van der Waals surface area contributed by atoms with Crippen LogP contribution in [0.1, 0.15) is 42.1 Å².